The normalized spacial score (nSPS) is 21.1. The van der Waals surface area contributed by atoms with Crippen LogP contribution in [0, 0.1) is 0 Å². The maximum atomic E-state index is 5.09. The van der Waals surface area contributed by atoms with Crippen LogP contribution in [0.15, 0.2) is 58.8 Å². The van der Waals surface area contributed by atoms with Crippen LogP contribution < -0.4 is 5.32 Å². The molecule has 2 aromatic carbocycles. The van der Waals surface area contributed by atoms with Gasteiger partial charge in [0, 0.05) is 36.6 Å². The number of nitrogens with zero attached hydrogens (tertiary/aromatic N) is 6. The number of rotatable bonds is 2. The van der Waals surface area contributed by atoms with Crippen LogP contribution in [0.5, 0.6) is 0 Å². The maximum Gasteiger partial charge on any atom is 0.169 e. The minimum absolute atomic E-state index is 0.0408. The highest BCUT2D eigenvalue weighted by atomic mass is 15.3. The van der Waals surface area contributed by atoms with Gasteiger partial charge in [-0.15, -0.1) is 0 Å². The quantitative estimate of drug-likeness (QED) is 0.543. The van der Waals surface area contributed by atoms with Gasteiger partial charge in [-0.25, -0.2) is 0 Å². The standard InChI is InChI=1S/C22H22N8/c1-13-11-30-12-19(14-3-6-20-16(7-14)10-24-29(20)2)27-21(22(30)25-13)26-17-4-5-18-15(8-17)9-23-28-18/h3-10,13,19H,11-12H2,1-2H3,(H,23,28)(H,26,27). The van der Waals surface area contributed by atoms with Crippen LogP contribution in [0.3, 0.4) is 0 Å². The first kappa shape index (κ1) is 17.2. The van der Waals surface area contributed by atoms with Gasteiger partial charge in [-0.3, -0.25) is 19.8 Å². The van der Waals surface area contributed by atoms with Gasteiger partial charge in [-0.1, -0.05) is 6.07 Å². The lowest BCUT2D eigenvalue weighted by Gasteiger charge is -2.31. The zero-order valence-corrected chi connectivity index (χ0v) is 16.9. The number of aromatic amines is 1. The molecule has 0 saturated carbocycles. The molecule has 8 nitrogen and oxygen atoms in total. The lowest BCUT2D eigenvalue weighted by atomic mass is 10.0. The van der Waals surface area contributed by atoms with Crippen LogP contribution in [-0.4, -0.2) is 55.7 Å². The molecule has 2 aliphatic heterocycles. The number of amidine groups is 2. The second kappa shape index (κ2) is 6.41. The SMILES string of the molecule is CC1CN2CC(c3ccc4c(cnn4C)c3)N=C(Nc3ccc4[nH]ncc4c3)C2=N1. The monoisotopic (exact) mass is 398 g/mol. The highest BCUT2D eigenvalue weighted by Gasteiger charge is 2.33. The molecule has 4 heterocycles. The van der Waals surface area contributed by atoms with Gasteiger partial charge in [0.05, 0.1) is 35.5 Å². The van der Waals surface area contributed by atoms with E-state index in [0.717, 1.165) is 52.3 Å². The molecule has 0 bridgehead atoms. The molecule has 2 aromatic heterocycles. The van der Waals surface area contributed by atoms with Crippen molar-refractivity contribution in [2.45, 2.75) is 19.0 Å². The van der Waals surface area contributed by atoms with Crippen molar-refractivity contribution in [1.29, 1.82) is 0 Å². The average molecular weight is 398 g/mol. The Bertz CT molecular complexity index is 1330. The van der Waals surface area contributed by atoms with E-state index in [1.165, 1.54) is 5.56 Å². The molecule has 2 unspecified atom stereocenters. The van der Waals surface area contributed by atoms with Gasteiger partial charge in [-0.2, -0.15) is 10.2 Å². The summed E-state index contributed by atoms with van der Waals surface area (Å²) < 4.78 is 1.90. The smallest absolute Gasteiger partial charge is 0.169 e. The molecule has 0 amide bonds. The van der Waals surface area contributed by atoms with E-state index in [1.807, 2.05) is 36.3 Å². The molecule has 8 heteroatoms. The minimum atomic E-state index is 0.0408. The van der Waals surface area contributed by atoms with Crippen molar-refractivity contribution in [2.75, 3.05) is 18.4 Å². The third-order valence-corrected chi connectivity index (χ3v) is 5.87. The van der Waals surface area contributed by atoms with Crippen LogP contribution in [-0.2, 0) is 7.05 Å². The van der Waals surface area contributed by atoms with E-state index in [-0.39, 0.29) is 12.1 Å². The van der Waals surface area contributed by atoms with Crippen molar-refractivity contribution in [3.8, 4) is 0 Å². The van der Waals surface area contributed by atoms with Crippen molar-refractivity contribution in [3.05, 3.63) is 54.4 Å². The lowest BCUT2D eigenvalue weighted by molar-refractivity contribution is 0.395. The predicted molar refractivity (Wildman–Crippen MR) is 119 cm³/mol. The van der Waals surface area contributed by atoms with Crippen LogP contribution >= 0.6 is 0 Å². The second-order valence-electron chi connectivity index (χ2n) is 8.08. The Labute approximate surface area is 173 Å². The van der Waals surface area contributed by atoms with Crippen molar-refractivity contribution in [2.24, 2.45) is 17.0 Å². The first-order valence-corrected chi connectivity index (χ1v) is 10.2. The fourth-order valence-corrected chi connectivity index (χ4v) is 4.39. The van der Waals surface area contributed by atoms with Crippen LogP contribution in [0.1, 0.15) is 18.5 Å². The summed E-state index contributed by atoms with van der Waals surface area (Å²) in [5.74, 6) is 1.78. The molecule has 150 valence electrons. The number of benzene rings is 2. The molecule has 2 atom stereocenters. The summed E-state index contributed by atoms with van der Waals surface area (Å²) in [4.78, 5) is 12.3. The molecule has 0 saturated heterocycles. The molecule has 0 radical (unpaired) electrons. The summed E-state index contributed by atoms with van der Waals surface area (Å²) in [6.07, 6.45) is 3.74. The predicted octanol–water partition coefficient (Wildman–Crippen LogP) is 3.12. The summed E-state index contributed by atoms with van der Waals surface area (Å²) in [5, 5.41) is 17.2. The number of nitrogens with one attached hydrogen (secondary N) is 2. The van der Waals surface area contributed by atoms with E-state index in [0.29, 0.717) is 0 Å². The van der Waals surface area contributed by atoms with Crippen LogP contribution in [0.4, 0.5) is 5.69 Å². The summed E-state index contributed by atoms with van der Waals surface area (Å²) in [6, 6.07) is 12.9. The summed E-state index contributed by atoms with van der Waals surface area (Å²) in [5.41, 5.74) is 4.32. The Morgan fingerprint density at radius 3 is 2.90 bits per heavy atom. The zero-order valence-electron chi connectivity index (χ0n) is 16.9. The van der Waals surface area contributed by atoms with Gasteiger partial charge in [0.1, 0.15) is 0 Å². The molecule has 0 aliphatic carbocycles. The van der Waals surface area contributed by atoms with Gasteiger partial charge in [0.25, 0.3) is 0 Å². The van der Waals surface area contributed by atoms with Crippen molar-refractivity contribution < 1.29 is 0 Å². The van der Waals surface area contributed by atoms with Crippen molar-refractivity contribution in [3.63, 3.8) is 0 Å². The third kappa shape index (κ3) is 2.75. The van der Waals surface area contributed by atoms with E-state index in [9.17, 15) is 0 Å². The van der Waals surface area contributed by atoms with Gasteiger partial charge >= 0.3 is 0 Å². The lowest BCUT2D eigenvalue weighted by Crippen LogP contribution is -2.43. The third-order valence-electron chi connectivity index (χ3n) is 5.87. The maximum absolute atomic E-state index is 5.09. The second-order valence-corrected chi connectivity index (χ2v) is 8.08. The van der Waals surface area contributed by atoms with E-state index in [1.54, 1.807) is 0 Å². The summed E-state index contributed by atoms with van der Waals surface area (Å²) in [6.45, 7) is 3.90. The molecule has 30 heavy (non-hydrogen) atoms. The van der Waals surface area contributed by atoms with Crippen LogP contribution in [0.25, 0.3) is 21.8 Å². The molecule has 2 aliphatic rings. The molecular formula is C22H22N8. The molecular weight excluding hydrogens is 376 g/mol. The summed E-state index contributed by atoms with van der Waals surface area (Å²) in [7, 11) is 1.97. The Kier molecular flexibility index (Phi) is 3.68. The summed E-state index contributed by atoms with van der Waals surface area (Å²) >= 11 is 0. The number of anilines is 1. The van der Waals surface area contributed by atoms with Gasteiger partial charge < -0.3 is 10.2 Å². The first-order valence-electron chi connectivity index (χ1n) is 10.2. The van der Waals surface area contributed by atoms with Gasteiger partial charge in [0.2, 0.25) is 0 Å². The number of aromatic nitrogens is 4. The van der Waals surface area contributed by atoms with E-state index in [2.05, 4.69) is 56.7 Å². The number of hydrogen-bond donors (Lipinski definition) is 2. The Morgan fingerprint density at radius 1 is 1.03 bits per heavy atom. The fourth-order valence-electron chi connectivity index (χ4n) is 4.39. The van der Waals surface area contributed by atoms with E-state index >= 15 is 0 Å². The van der Waals surface area contributed by atoms with Crippen LogP contribution in [0.2, 0.25) is 0 Å². The minimum Gasteiger partial charge on any atom is -0.349 e. The van der Waals surface area contributed by atoms with Crippen molar-refractivity contribution in [1.82, 2.24) is 24.9 Å². The van der Waals surface area contributed by atoms with Crippen molar-refractivity contribution >= 4 is 39.2 Å². The highest BCUT2D eigenvalue weighted by molar-refractivity contribution is 6.45. The zero-order chi connectivity index (χ0) is 20.2. The molecule has 4 aromatic rings. The van der Waals surface area contributed by atoms with Gasteiger partial charge in [-0.05, 0) is 42.8 Å². The van der Waals surface area contributed by atoms with Gasteiger partial charge in [0.15, 0.2) is 11.7 Å². The van der Waals surface area contributed by atoms with E-state index in [4.69, 9.17) is 9.98 Å². The first-order chi connectivity index (χ1) is 14.6. The molecule has 0 spiro atoms. The molecule has 0 fully saturated rings. The molecule has 2 N–H and O–H groups in total. The number of hydrogen-bond acceptors (Lipinski definition) is 6. The number of aryl methyl sites for hydroxylation is 1. The Hall–Kier alpha value is -3.68. The fraction of sp³-hybridized carbons (Fsp3) is 0.273. The number of fused-ring (bicyclic) bond motifs is 3. The molecule has 6 rings (SSSR count). The average Bonchev–Trinajstić information content (AvgIpc) is 3.45. The highest BCUT2D eigenvalue weighted by Crippen LogP contribution is 2.29. The topological polar surface area (TPSA) is 86.5 Å². The Morgan fingerprint density at radius 2 is 1.97 bits per heavy atom. The largest absolute Gasteiger partial charge is 0.349 e. The number of aliphatic imine (C=N–C) groups is 2. The number of H-pyrrole nitrogens is 1. The van der Waals surface area contributed by atoms with E-state index < -0.39 is 0 Å². The Balaban J connectivity index is 1.39.